The van der Waals surface area contributed by atoms with E-state index in [-0.39, 0.29) is 6.61 Å². The van der Waals surface area contributed by atoms with E-state index < -0.39 is 0 Å². The van der Waals surface area contributed by atoms with Crippen LogP contribution in [-0.4, -0.2) is 55.6 Å². The Morgan fingerprint density at radius 2 is 2.07 bits per heavy atom. The summed E-state index contributed by atoms with van der Waals surface area (Å²) in [5.74, 6) is 5.69. The van der Waals surface area contributed by atoms with E-state index >= 15 is 0 Å². The first-order chi connectivity index (χ1) is 6.83. The van der Waals surface area contributed by atoms with E-state index in [1.54, 1.807) is 0 Å². The second kappa shape index (κ2) is 5.82. The Bertz CT molecular complexity index is 233. The van der Waals surface area contributed by atoms with Crippen molar-refractivity contribution in [1.29, 1.82) is 0 Å². The average Bonchev–Trinajstić information content (AvgIpc) is 2.20. The first-order valence-electron chi connectivity index (χ1n) is 4.93. The van der Waals surface area contributed by atoms with Gasteiger partial charge in [-0.2, -0.15) is 0 Å². The maximum Gasteiger partial charge on any atom is 0.141 e. The van der Waals surface area contributed by atoms with Crippen molar-refractivity contribution in [3.8, 4) is 11.8 Å². The van der Waals surface area contributed by atoms with E-state index in [4.69, 9.17) is 9.84 Å². The topological polar surface area (TPSA) is 29.5 Å². The molecule has 14 heavy (non-hydrogen) atoms. The third-order valence-corrected chi connectivity index (χ3v) is 2.55. The molecule has 1 aliphatic heterocycles. The van der Waals surface area contributed by atoms with Gasteiger partial charge in [0, 0.05) is 0 Å². The van der Waals surface area contributed by atoms with Crippen molar-refractivity contribution in [3.05, 3.63) is 12.7 Å². The van der Waals surface area contributed by atoms with Crippen LogP contribution in [0, 0.1) is 11.8 Å². The van der Waals surface area contributed by atoms with Crippen molar-refractivity contribution in [1.82, 2.24) is 0 Å². The molecule has 0 atom stereocenters. The number of ether oxygens (including phenoxy) is 1. The Balaban J connectivity index is 2.55. The lowest BCUT2D eigenvalue weighted by Crippen LogP contribution is -2.55. The van der Waals surface area contributed by atoms with Crippen molar-refractivity contribution in [2.24, 2.45) is 0 Å². The summed E-state index contributed by atoms with van der Waals surface area (Å²) >= 11 is 0. The Kier molecular flexibility index (Phi) is 4.68. The van der Waals surface area contributed by atoms with Crippen LogP contribution in [0.4, 0.5) is 0 Å². The fourth-order valence-corrected chi connectivity index (χ4v) is 1.69. The van der Waals surface area contributed by atoms with Crippen LogP contribution in [0.5, 0.6) is 0 Å². The van der Waals surface area contributed by atoms with E-state index in [9.17, 15) is 0 Å². The highest BCUT2D eigenvalue weighted by Crippen LogP contribution is 2.10. The van der Waals surface area contributed by atoms with Gasteiger partial charge in [-0.3, -0.25) is 0 Å². The van der Waals surface area contributed by atoms with Gasteiger partial charge in [-0.25, -0.2) is 0 Å². The summed E-state index contributed by atoms with van der Waals surface area (Å²) in [7, 11) is 0. The molecule has 1 aliphatic rings. The lowest BCUT2D eigenvalue weighted by molar-refractivity contribution is -0.923. The van der Waals surface area contributed by atoms with Crippen LogP contribution in [0.25, 0.3) is 0 Å². The van der Waals surface area contributed by atoms with Gasteiger partial charge in [-0.15, -0.1) is 0 Å². The molecule has 0 amide bonds. The minimum atomic E-state index is -0.0510. The molecule has 0 unspecified atom stereocenters. The van der Waals surface area contributed by atoms with Gasteiger partial charge in [0.25, 0.3) is 0 Å². The number of aliphatic hydroxyl groups is 1. The van der Waals surface area contributed by atoms with Gasteiger partial charge >= 0.3 is 0 Å². The molecule has 0 aliphatic carbocycles. The third-order valence-electron chi connectivity index (χ3n) is 2.55. The number of nitrogens with zero attached hydrogens (tertiary/aromatic N) is 1. The normalized spacial score (nSPS) is 19.5. The number of morpholine rings is 1. The fourth-order valence-electron chi connectivity index (χ4n) is 1.69. The highest BCUT2D eigenvalue weighted by molar-refractivity contribution is 4.99. The number of aliphatic hydroxyl groups excluding tert-OH is 1. The van der Waals surface area contributed by atoms with Crippen LogP contribution < -0.4 is 0 Å². The van der Waals surface area contributed by atoms with Crippen molar-refractivity contribution < 1.29 is 14.3 Å². The minimum Gasteiger partial charge on any atom is -0.384 e. The van der Waals surface area contributed by atoms with E-state index in [0.29, 0.717) is 0 Å². The fraction of sp³-hybridized carbons (Fsp3) is 0.636. The van der Waals surface area contributed by atoms with Crippen LogP contribution in [0.15, 0.2) is 12.7 Å². The van der Waals surface area contributed by atoms with Crippen molar-refractivity contribution in [2.45, 2.75) is 0 Å². The van der Waals surface area contributed by atoms with Gasteiger partial charge in [0.15, 0.2) is 0 Å². The van der Waals surface area contributed by atoms with Gasteiger partial charge in [0.1, 0.15) is 26.2 Å². The molecule has 1 saturated heterocycles. The van der Waals surface area contributed by atoms with Crippen LogP contribution in [0.3, 0.4) is 0 Å². The molecule has 1 N–H and O–H groups in total. The lowest BCUT2D eigenvalue weighted by atomic mass is 10.3. The van der Waals surface area contributed by atoms with Gasteiger partial charge < -0.3 is 14.3 Å². The van der Waals surface area contributed by atoms with Gasteiger partial charge in [-0.05, 0) is 12.0 Å². The summed E-state index contributed by atoms with van der Waals surface area (Å²) in [6.45, 7) is 9.03. The molecular weight excluding hydrogens is 178 g/mol. The van der Waals surface area contributed by atoms with E-state index in [1.807, 2.05) is 6.08 Å². The van der Waals surface area contributed by atoms with Crippen LogP contribution in [0.1, 0.15) is 0 Å². The molecule has 78 valence electrons. The van der Waals surface area contributed by atoms with Crippen LogP contribution >= 0.6 is 0 Å². The van der Waals surface area contributed by atoms with Gasteiger partial charge in [0.2, 0.25) is 0 Å². The summed E-state index contributed by atoms with van der Waals surface area (Å²) in [6.07, 6.45) is 1.94. The van der Waals surface area contributed by atoms with E-state index in [0.717, 1.165) is 43.9 Å². The lowest BCUT2D eigenvalue weighted by Gasteiger charge is -2.39. The van der Waals surface area contributed by atoms with E-state index in [1.165, 1.54) is 0 Å². The average molecular weight is 196 g/mol. The molecule has 0 aromatic rings. The number of quaternary nitrogens is 1. The van der Waals surface area contributed by atoms with Gasteiger partial charge in [-0.1, -0.05) is 12.5 Å². The zero-order valence-electron chi connectivity index (χ0n) is 8.54. The molecule has 0 saturated carbocycles. The SMILES string of the molecule is C=CC[N+]1(CC#CCO)CCOCC1. The van der Waals surface area contributed by atoms with Crippen molar-refractivity contribution >= 4 is 0 Å². The molecule has 0 aromatic carbocycles. The zero-order chi connectivity index (χ0) is 10.3. The number of hydrogen-bond donors (Lipinski definition) is 1. The molecular formula is C11H18NO2+. The zero-order valence-corrected chi connectivity index (χ0v) is 8.54. The van der Waals surface area contributed by atoms with Crippen molar-refractivity contribution in [3.63, 3.8) is 0 Å². The molecule has 0 radical (unpaired) electrons. The summed E-state index contributed by atoms with van der Waals surface area (Å²) in [4.78, 5) is 0. The largest absolute Gasteiger partial charge is 0.384 e. The second-order valence-corrected chi connectivity index (χ2v) is 3.54. The summed E-state index contributed by atoms with van der Waals surface area (Å²) in [5.41, 5.74) is 0. The highest BCUT2D eigenvalue weighted by Gasteiger charge is 2.27. The Labute approximate surface area is 85.6 Å². The Morgan fingerprint density at radius 3 is 2.64 bits per heavy atom. The highest BCUT2D eigenvalue weighted by atomic mass is 16.5. The molecule has 3 heteroatoms. The molecule has 0 aromatic heterocycles. The first-order valence-corrected chi connectivity index (χ1v) is 4.93. The standard InChI is InChI=1S/C11H18NO2/c1-2-5-12(6-3-4-9-13)7-10-14-11-8-12/h2,13H,1,5-11H2/q+1. The molecule has 3 nitrogen and oxygen atoms in total. The number of rotatable bonds is 3. The quantitative estimate of drug-likeness (QED) is 0.391. The maximum absolute atomic E-state index is 8.58. The smallest absolute Gasteiger partial charge is 0.141 e. The minimum absolute atomic E-state index is 0.0510. The summed E-state index contributed by atoms with van der Waals surface area (Å²) in [6, 6.07) is 0. The molecule has 0 spiro atoms. The van der Waals surface area contributed by atoms with Crippen LogP contribution in [-0.2, 0) is 4.74 Å². The predicted octanol–water partition coefficient (Wildman–Crippen LogP) is 0.0151. The van der Waals surface area contributed by atoms with Crippen molar-refractivity contribution in [2.75, 3.05) is 46.0 Å². The molecule has 1 heterocycles. The monoisotopic (exact) mass is 196 g/mol. The van der Waals surface area contributed by atoms with Gasteiger partial charge in [0.05, 0.1) is 19.8 Å². The predicted molar refractivity (Wildman–Crippen MR) is 55.6 cm³/mol. The Morgan fingerprint density at radius 1 is 1.36 bits per heavy atom. The third kappa shape index (κ3) is 3.15. The van der Waals surface area contributed by atoms with Crippen LogP contribution in [0.2, 0.25) is 0 Å². The Hall–Kier alpha value is -0.820. The second-order valence-electron chi connectivity index (χ2n) is 3.54. The van der Waals surface area contributed by atoms with E-state index in [2.05, 4.69) is 18.4 Å². The first kappa shape index (κ1) is 11.3. The summed E-state index contributed by atoms with van der Waals surface area (Å²) < 4.78 is 6.26. The summed E-state index contributed by atoms with van der Waals surface area (Å²) in [5, 5.41) is 8.58. The number of hydrogen-bond acceptors (Lipinski definition) is 2. The molecule has 1 rings (SSSR count). The molecule has 1 fully saturated rings. The molecule has 0 bridgehead atoms. The maximum atomic E-state index is 8.58.